The van der Waals surface area contributed by atoms with E-state index in [1.165, 1.54) is 19.1 Å². The second-order valence-electron chi connectivity index (χ2n) is 4.75. The lowest BCUT2D eigenvalue weighted by molar-refractivity contribution is -0.138. The van der Waals surface area contributed by atoms with Crippen LogP contribution in [0.25, 0.3) is 0 Å². The van der Waals surface area contributed by atoms with Crippen LogP contribution in [0.1, 0.15) is 45.4 Å². The summed E-state index contributed by atoms with van der Waals surface area (Å²) >= 11 is 0. The molecule has 2 aliphatic rings. The van der Waals surface area contributed by atoms with Crippen molar-refractivity contribution in [3.63, 3.8) is 0 Å². The number of amides is 1. The fourth-order valence-corrected chi connectivity index (χ4v) is 2.86. The van der Waals surface area contributed by atoms with Gasteiger partial charge < -0.3 is 15.2 Å². The van der Waals surface area contributed by atoms with Gasteiger partial charge in [-0.1, -0.05) is 26.2 Å². The Morgan fingerprint density at radius 1 is 1.56 bits per heavy atom. The van der Waals surface area contributed by atoms with Crippen molar-refractivity contribution >= 4 is 5.91 Å². The van der Waals surface area contributed by atoms with E-state index < -0.39 is 5.91 Å². The van der Waals surface area contributed by atoms with E-state index in [1.807, 2.05) is 0 Å². The van der Waals surface area contributed by atoms with Crippen LogP contribution in [0, 0.1) is 5.41 Å². The number of rotatable bonds is 4. The van der Waals surface area contributed by atoms with Gasteiger partial charge in [0.1, 0.15) is 6.26 Å². The topological polar surface area (TPSA) is 61.5 Å². The maximum Gasteiger partial charge on any atom is 0.287 e. The Morgan fingerprint density at radius 2 is 2.25 bits per heavy atom. The van der Waals surface area contributed by atoms with Crippen molar-refractivity contribution in [3.8, 4) is 0 Å². The van der Waals surface area contributed by atoms with Crippen LogP contribution in [0.5, 0.6) is 0 Å². The number of ether oxygens (including phenoxy) is 2. The smallest absolute Gasteiger partial charge is 0.287 e. The highest BCUT2D eigenvalue weighted by Crippen LogP contribution is 2.48. The highest BCUT2D eigenvalue weighted by Gasteiger charge is 2.46. The van der Waals surface area contributed by atoms with Gasteiger partial charge in [0.15, 0.2) is 0 Å². The van der Waals surface area contributed by atoms with E-state index in [0.717, 1.165) is 25.7 Å². The lowest BCUT2D eigenvalue weighted by Crippen LogP contribution is -2.34. The van der Waals surface area contributed by atoms with Crippen LogP contribution in [0.15, 0.2) is 12.0 Å². The van der Waals surface area contributed by atoms with E-state index in [4.69, 9.17) is 15.2 Å². The standard InChI is InChI=1S/C12H19NO3/c1-2-5-12(6-3-4-7-12)11-15-8-9(16-11)10(13)14/h8,11H,2-7H2,1H3,(H2,13,14). The molecule has 0 bridgehead atoms. The van der Waals surface area contributed by atoms with Gasteiger partial charge in [-0.3, -0.25) is 4.79 Å². The average Bonchev–Trinajstić information content (AvgIpc) is 2.85. The fraction of sp³-hybridized carbons (Fsp3) is 0.750. The SMILES string of the molecule is CCCC1(C2OC=C(C(N)=O)O2)CCCC1. The summed E-state index contributed by atoms with van der Waals surface area (Å²) in [6.45, 7) is 2.16. The summed E-state index contributed by atoms with van der Waals surface area (Å²) in [5, 5.41) is 0. The van der Waals surface area contributed by atoms with Crippen LogP contribution in [0.4, 0.5) is 0 Å². The van der Waals surface area contributed by atoms with Gasteiger partial charge in [-0.25, -0.2) is 0 Å². The second kappa shape index (κ2) is 4.36. The van der Waals surface area contributed by atoms with E-state index in [1.54, 1.807) is 0 Å². The van der Waals surface area contributed by atoms with Gasteiger partial charge in [0.25, 0.3) is 5.91 Å². The number of carbonyl (C=O) groups is 1. The predicted octanol–water partition coefficient (Wildman–Crippen LogP) is 2.05. The molecule has 90 valence electrons. The maximum absolute atomic E-state index is 11.0. The van der Waals surface area contributed by atoms with E-state index >= 15 is 0 Å². The van der Waals surface area contributed by atoms with Crippen molar-refractivity contribution in [2.45, 2.75) is 51.7 Å². The Hall–Kier alpha value is -1.19. The van der Waals surface area contributed by atoms with Crippen LogP contribution >= 0.6 is 0 Å². The minimum absolute atomic E-state index is 0.0858. The van der Waals surface area contributed by atoms with Gasteiger partial charge in [0.2, 0.25) is 12.0 Å². The zero-order chi connectivity index (χ0) is 11.6. The molecule has 1 aliphatic carbocycles. The molecule has 0 aromatic carbocycles. The minimum atomic E-state index is -0.549. The van der Waals surface area contributed by atoms with Gasteiger partial charge in [0.05, 0.1) is 0 Å². The Balaban J connectivity index is 2.04. The Labute approximate surface area is 95.8 Å². The highest BCUT2D eigenvalue weighted by atomic mass is 16.7. The molecule has 16 heavy (non-hydrogen) atoms. The summed E-state index contributed by atoms with van der Waals surface area (Å²) in [5.41, 5.74) is 5.25. The van der Waals surface area contributed by atoms with Crippen molar-refractivity contribution in [1.29, 1.82) is 0 Å². The number of primary amides is 1. The zero-order valence-electron chi connectivity index (χ0n) is 9.70. The van der Waals surface area contributed by atoms with Crippen LogP contribution < -0.4 is 5.73 Å². The van der Waals surface area contributed by atoms with Crippen LogP contribution in [0.2, 0.25) is 0 Å². The molecule has 1 amide bonds. The lowest BCUT2D eigenvalue weighted by Gasteiger charge is -2.33. The molecular formula is C12H19NO3. The fourth-order valence-electron chi connectivity index (χ4n) is 2.86. The number of carbonyl (C=O) groups excluding carboxylic acids is 1. The highest BCUT2D eigenvalue weighted by molar-refractivity contribution is 5.89. The van der Waals surface area contributed by atoms with Crippen molar-refractivity contribution in [2.75, 3.05) is 0 Å². The molecule has 1 heterocycles. The minimum Gasteiger partial charge on any atom is -0.458 e. The summed E-state index contributed by atoms with van der Waals surface area (Å²) in [5.74, 6) is -0.389. The molecule has 2 rings (SSSR count). The first-order valence-corrected chi connectivity index (χ1v) is 6.00. The zero-order valence-corrected chi connectivity index (χ0v) is 9.70. The molecule has 0 spiro atoms. The number of hydrogen-bond donors (Lipinski definition) is 1. The van der Waals surface area contributed by atoms with E-state index in [9.17, 15) is 4.79 Å². The van der Waals surface area contributed by atoms with Crippen molar-refractivity contribution in [2.24, 2.45) is 11.1 Å². The monoisotopic (exact) mass is 225 g/mol. The molecule has 4 heteroatoms. The largest absolute Gasteiger partial charge is 0.458 e. The van der Waals surface area contributed by atoms with Gasteiger partial charge in [-0.15, -0.1) is 0 Å². The van der Waals surface area contributed by atoms with Crippen LogP contribution in [-0.2, 0) is 14.3 Å². The van der Waals surface area contributed by atoms with Crippen molar-refractivity contribution < 1.29 is 14.3 Å². The molecule has 1 unspecified atom stereocenters. The van der Waals surface area contributed by atoms with Crippen LogP contribution in [-0.4, -0.2) is 12.2 Å². The number of nitrogens with two attached hydrogens (primary N) is 1. The average molecular weight is 225 g/mol. The number of hydrogen-bond acceptors (Lipinski definition) is 3. The summed E-state index contributed by atoms with van der Waals surface area (Å²) < 4.78 is 11.0. The first-order chi connectivity index (χ1) is 7.68. The quantitative estimate of drug-likeness (QED) is 0.796. The van der Waals surface area contributed by atoms with Gasteiger partial charge in [-0.05, 0) is 19.3 Å². The van der Waals surface area contributed by atoms with Gasteiger partial charge in [-0.2, -0.15) is 0 Å². The lowest BCUT2D eigenvalue weighted by atomic mass is 9.81. The van der Waals surface area contributed by atoms with E-state index in [-0.39, 0.29) is 17.5 Å². The Bertz CT molecular complexity index is 305. The molecule has 0 radical (unpaired) electrons. The van der Waals surface area contributed by atoms with Crippen molar-refractivity contribution in [3.05, 3.63) is 12.0 Å². The maximum atomic E-state index is 11.0. The molecule has 1 saturated carbocycles. The van der Waals surface area contributed by atoms with Gasteiger partial charge >= 0.3 is 0 Å². The molecule has 1 atom stereocenters. The summed E-state index contributed by atoms with van der Waals surface area (Å²) in [4.78, 5) is 11.0. The molecule has 0 aromatic rings. The van der Waals surface area contributed by atoms with Crippen LogP contribution in [0.3, 0.4) is 0 Å². The van der Waals surface area contributed by atoms with E-state index in [0.29, 0.717) is 0 Å². The first-order valence-electron chi connectivity index (χ1n) is 6.00. The van der Waals surface area contributed by atoms with Gasteiger partial charge in [0, 0.05) is 5.41 Å². The molecule has 1 fully saturated rings. The molecule has 1 aliphatic heterocycles. The summed E-state index contributed by atoms with van der Waals surface area (Å²) in [7, 11) is 0. The third-order valence-electron chi connectivity index (χ3n) is 3.62. The molecule has 4 nitrogen and oxygen atoms in total. The second-order valence-corrected chi connectivity index (χ2v) is 4.75. The Kier molecular flexibility index (Phi) is 3.08. The third kappa shape index (κ3) is 1.88. The van der Waals surface area contributed by atoms with Crippen molar-refractivity contribution in [1.82, 2.24) is 0 Å². The summed E-state index contributed by atoms with van der Waals surface area (Å²) in [6, 6.07) is 0. The predicted molar refractivity (Wildman–Crippen MR) is 59.0 cm³/mol. The Morgan fingerprint density at radius 3 is 2.75 bits per heavy atom. The van der Waals surface area contributed by atoms with E-state index in [2.05, 4.69) is 6.92 Å². The first kappa shape index (κ1) is 11.3. The summed E-state index contributed by atoms with van der Waals surface area (Å²) in [6.07, 6.45) is 7.91. The molecule has 0 saturated heterocycles. The normalized spacial score (nSPS) is 27.1. The molecule has 0 aromatic heterocycles. The molecular weight excluding hydrogens is 206 g/mol. The molecule has 2 N–H and O–H groups in total. The third-order valence-corrected chi connectivity index (χ3v) is 3.62.